The van der Waals surface area contributed by atoms with Gasteiger partial charge in [-0.15, -0.1) is 0 Å². The largest absolute Gasteiger partial charge is 0.382 e. The molecular weight excluding hydrogens is 222 g/mol. The van der Waals surface area contributed by atoms with Crippen LogP contribution in [0.2, 0.25) is 5.02 Å². The molecule has 3 N–H and O–H groups in total. The summed E-state index contributed by atoms with van der Waals surface area (Å²) in [4.78, 5) is 0. The lowest BCUT2D eigenvalue weighted by atomic mass is 10.2. The van der Waals surface area contributed by atoms with Crippen LogP contribution in [-0.2, 0) is 0 Å². The van der Waals surface area contributed by atoms with E-state index in [-0.39, 0.29) is 0 Å². The maximum absolute atomic E-state index is 8.76. The zero-order valence-corrected chi connectivity index (χ0v) is 9.67. The van der Waals surface area contributed by atoms with Gasteiger partial charge in [0, 0.05) is 17.8 Å². The van der Waals surface area contributed by atoms with Crippen molar-refractivity contribution < 1.29 is 0 Å². The Labute approximate surface area is 100 Å². The van der Waals surface area contributed by atoms with E-state index in [0.717, 1.165) is 24.9 Å². The summed E-state index contributed by atoms with van der Waals surface area (Å²) in [6, 6.07) is 8.20. The molecule has 0 radical (unpaired) electrons. The van der Waals surface area contributed by atoms with Crippen LogP contribution in [0.5, 0.6) is 0 Å². The van der Waals surface area contributed by atoms with E-state index >= 15 is 0 Å². The van der Waals surface area contributed by atoms with Gasteiger partial charge >= 0.3 is 0 Å². The molecule has 4 heteroatoms. The number of halogens is 1. The first kappa shape index (κ1) is 11.3. The highest BCUT2D eigenvalue weighted by atomic mass is 35.5. The third-order valence-electron chi connectivity index (χ3n) is 2.93. The van der Waals surface area contributed by atoms with Crippen LogP contribution in [0.15, 0.2) is 18.2 Å². The fourth-order valence-electron chi connectivity index (χ4n) is 2.08. The summed E-state index contributed by atoms with van der Waals surface area (Å²) in [5, 5.41) is 12.6. The molecule has 0 spiro atoms. The Kier molecular flexibility index (Phi) is 3.33. The summed E-state index contributed by atoms with van der Waals surface area (Å²) in [6.07, 6.45) is 3.16. The first-order chi connectivity index (χ1) is 7.69. The minimum Gasteiger partial charge on any atom is -0.382 e. The minimum absolute atomic E-state index is 0.311. The zero-order valence-electron chi connectivity index (χ0n) is 8.91. The second-order valence-corrected chi connectivity index (χ2v) is 4.63. The van der Waals surface area contributed by atoms with E-state index in [4.69, 9.17) is 22.6 Å². The van der Waals surface area contributed by atoms with Crippen molar-refractivity contribution in [3.63, 3.8) is 0 Å². The van der Waals surface area contributed by atoms with Crippen molar-refractivity contribution in [1.29, 1.82) is 5.26 Å². The molecule has 2 unspecified atom stereocenters. The predicted molar refractivity (Wildman–Crippen MR) is 65.4 cm³/mol. The fourth-order valence-corrected chi connectivity index (χ4v) is 2.30. The maximum Gasteiger partial charge on any atom is 0.101 e. The molecule has 3 nitrogen and oxygen atoms in total. The molecule has 1 fully saturated rings. The standard InChI is InChI=1S/C12H14ClN3/c13-12-6-11(3-1-8(12)7-14)16-10-4-2-9(15)5-10/h1,3,6,9-10,16H,2,4-5,15H2. The quantitative estimate of drug-likeness (QED) is 0.828. The number of hydrogen-bond donors (Lipinski definition) is 2. The van der Waals surface area contributed by atoms with E-state index in [2.05, 4.69) is 5.32 Å². The Morgan fingerprint density at radius 3 is 2.81 bits per heavy atom. The molecule has 2 rings (SSSR count). The Morgan fingerprint density at radius 2 is 2.25 bits per heavy atom. The van der Waals surface area contributed by atoms with E-state index in [0.29, 0.717) is 22.7 Å². The molecule has 1 aliphatic carbocycles. The van der Waals surface area contributed by atoms with Crippen molar-refractivity contribution in [3.8, 4) is 6.07 Å². The van der Waals surface area contributed by atoms with E-state index in [9.17, 15) is 0 Å². The van der Waals surface area contributed by atoms with Gasteiger partial charge in [0.2, 0.25) is 0 Å². The summed E-state index contributed by atoms with van der Waals surface area (Å²) in [5.41, 5.74) is 7.32. The summed E-state index contributed by atoms with van der Waals surface area (Å²) >= 11 is 5.96. The van der Waals surface area contributed by atoms with Crippen LogP contribution in [-0.4, -0.2) is 12.1 Å². The highest BCUT2D eigenvalue weighted by molar-refractivity contribution is 6.32. The monoisotopic (exact) mass is 235 g/mol. The number of hydrogen-bond acceptors (Lipinski definition) is 3. The van der Waals surface area contributed by atoms with Crippen LogP contribution in [0.25, 0.3) is 0 Å². The molecule has 0 amide bonds. The minimum atomic E-state index is 0.311. The lowest BCUT2D eigenvalue weighted by molar-refractivity contribution is 0.688. The average Bonchev–Trinajstić information content (AvgIpc) is 2.64. The summed E-state index contributed by atoms with van der Waals surface area (Å²) in [5.74, 6) is 0. The Bertz CT molecular complexity index is 425. The second-order valence-electron chi connectivity index (χ2n) is 4.22. The number of anilines is 1. The van der Waals surface area contributed by atoms with Crippen LogP contribution in [0.3, 0.4) is 0 Å². The summed E-state index contributed by atoms with van der Waals surface area (Å²) in [6.45, 7) is 0. The average molecular weight is 236 g/mol. The van der Waals surface area contributed by atoms with Gasteiger partial charge in [-0.3, -0.25) is 0 Å². The van der Waals surface area contributed by atoms with Gasteiger partial charge in [-0.25, -0.2) is 0 Å². The van der Waals surface area contributed by atoms with Gasteiger partial charge in [-0.2, -0.15) is 5.26 Å². The number of nitrogens with zero attached hydrogens (tertiary/aromatic N) is 1. The second kappa shape index (κ2) is 4.73. The van der Waals surface area contributed by atoms with Crippen LogP contribution in [0.1, 0.15) is 24.8 Å². The molecule has 2 atom stereocenters. The van der Waals surface area contributed by atoms with Gasteiger partial charge in [0.1, 0.15) is 6.07 Å². The van der Waals surface area contributed by atoms with Gasteiger partial charge in [0.05, 0.1) is 10.6 Å². The van der Waals surface area contributed by atoms with Crippen LogP contribution >= 0.6 is 11.6 Å². The molecule has 84 valence electrons. The van der Waals surface area contributed by atoms with Crippen molar-refractivity contribution in [2.24, 2.45) is 5.73 Å². The molecule has 1 aliphatic rings. The first-order valence-electron chi connectivity index (χ1n) is 5.41. The van der Waals surface area contributed by atoms with E-state index in [1.807, 2.05) is 12.1 Å². The third-order valence-corrected chi connectivity index (χ3v) is 3.25. The van der Waals surface area contributed by atoms with Crippen LogP contribution in [0, 0.1) is 11.3 Å². The van der Waals surface area contributed by atoms with Gasteiger partial charge in [-0.1, -0.05) is 11.6 Å². The molecule has 16 heavy (non-hydrogen) atoms. The first-order valence-corrected chi connectivity index (χ1v) is 5.78. The smallest absolute Gasteiger partial charge is 0.101 e. The number of benzene rings is 1. The molecular formula is C12H14ClN3. The Morgan fingerprint density at radius 1 is 1.44 bits per heavy atom. The molecule has 0 aliphatic heterocycles. The van der Waals surface area contributed by atoms with E-state index in [1.165, 1.54) is 0 Å². The zero-order chi connectivity index (χ0) is 11.5. The summed E-state index contributed by atoms with van der Waals surface area (Å²) < 4.78 is 0. The van der Waals surface area contributed by atoms with Gasteiger partial charge in [0.15, 0.2) is 0 Å². The van der Waals surface area contributed by atoms with Crippen LogP contribution < -0.4 is 11.1 Å². The lowest BCUT2D eigenvalue weighted by Gasteiger charge is -2.14. The van der Waals surface area contributed by atoms with Crippen molar-refractivity contribution >= 4 is 17.3 Å². The number of rotatable bonds is 2. The number of nitrogens with one attached hydrogen (secondary N) is 1. The normalized spacial score (nSPS) is 24.1. The number of nitrogens with two attached hydrogens (primary N) is 1. The van der Waals surface area contributed by atoms with Gasteiger partial charge in [0.25, 0.3) is 0 Å². The number of nitriles is 1. The van der Waals surface area contributed by atoms with E-state index < -0.39 is 0 Å². The topological polar surface area (TPSA) is 61.8 Å². The maximum atomic E-state index is 8.76. The Balaban J connectivity index is 2.05. The van der Waals surface area contributed by atoms with Gasteiger partial charge < -0.3 is 11.1 Å². The van der Waals surface area contributed by atoms with Crippen molar-refractivity contribution in [3.05, 3.63) is 28.8 Å². The van der Waals surface area contributed by atoms with Crippen molar-refractivity contribution in [2.45, 2.75) is 31.3 Å². The molecule has 1 saturated carbocycles. The summed E-state index contributed by atoms with van der Waals surface area (Å²) in [7, 11) is 0. The Hall–Kier alpha value is -1.24. The van der Waals surface area contributed by atoms with Crippen molar-refractivity contribution in [2.75, 3.05) is 5.32 Å². The molecule has 0 heterocycles. The molecule has 0 saturated heterocycles. The molecule has 1 aromatic rings. The fraction of sp³-hybridized carbons (Fsp3) is 0.417. The third kappa shape index (κ3) is 2.46. The molecule has 0 aromatic heterocycles. The SMILES string of the molecule is N#Cc1ccc(NC2CCC(N)C2)cc1Cl. The van der Waals surface area contributed by atoms with Gasteiger partial charge in [-0.05, 0) is 37.5 Å². The van der Waals surface area contributed by atoms with Crippen molar-refractivity contribution in [1.82, 2.24) is 0 Å². The lowest BCUT2D eigenvalue weighted by Crippen LogP contribution is -2.20. The van der Waals surface area contributed by atoms with E-state index in [1.54, 1.807) is 12.1 Å². The molecule has 0 bridgehead atoms. The highest BCUT2D eigenvalue weighted by Gasteiger charge is 2.21. The predicted octanol–water partition coefficient (Wildman–Crippen LogP) is 2.50. The highest BCUT2D eigenvalue weighted by Crippen LogP contribution is 2.25. The van der Waals surface area contributed by atoms with Crippen LogP contribution in [0.4, 0.5) is 5.69 Å². The molecule has 1 aromatic carbocycles.